The van der Waals surface area contributed by atoms with Gasteiger partial charge in [0.2, 0.25) is 5.76 Å². The number of aromatic hydroxyl groups is 1. The van der Waals surface area contributed by atoms with Crippen LogP contribution in [0.4, 0.5) is 0 Å². The Bertz CT molecular complexity index is 598. The summed E-state index contributed by atoms with van der Waals surface area (Å²) in [5.41, 5.74) is -0.137. The van der Waals surface area contributed by atoms with Crippen molar-refractivity contribution < 1.29 is 29.0 Å². The highest BCUT2D eigenvalue weighted by molar-refractivity contribution is 5.94. The number of furan rings is 1. The molecule has 2 rings (SSSR count). The zero-order valence-electron chi connectivity index (χ0n) is 8.99. The van der Waals surface area contributed by atoms with Crippen molar-refractivity contribution in [2.24, 2.45) is 0 Å². The zero-order valence-corrected chi connectivity index (χ0v) is 8.99. The van der Waals surface area contributed by atoms with Crippen LogP contribution in [0.5, 0.6) is 11.7 Å². The Kier molecular flexibility index (Phi) is 3.01. The molecular weight excluding hydrogens is 240 g/mol. The van der Waals surface area contributed by atoms with Gasteiger partial charge in [0, 0.05) is 6.07 Å². The molecule has 18 heavy (non-hydrogen) atoms. The second-order valence-electron chi connectivity index (χ2n) is 3.33. The molecule has 0 bridgehead atoms. The minimum absolute atomic E-state index is 0.0918. The van der Waals surface area contributed by atoms with Crippen LogP contribution >= 0.6 is 0 Å². The van der Waals surface area contributed by atoms with Gasteiger partial charge in [0.15, 0.2) is 0 Å². The van der Waals surface area contributed by atoms with Crippen LogP contribution in [0.2, 0.25) is 0 Å². The quantitative estimate of drug-likeness (QED) is 0.636. The van der Waals surface area contributed by atoms with E-state index in [4.69, 9.17) is 14.9 Å². The van der Waals surface area contributed by atoms with Crippen molar-refractivity contribution in [3.63, 3.8) is 0 Å². The fraction of sp³-hybridized carbons (Fsp3) is 0. The van der Waals surface area contributed by atoms with E-state index in [-0.39, 0.29) is 17.1 Å². The summed E-state index contributed by atoms with van der Waals surface area (Å²) in [6.45, 7) is 0. The van der Waals surface area contributed by atoms with Crippen LogP contribution < -0.4 is 4.74 Å². The molecule has 0 atom stereocenters. The number of carbonyl (C=O) groups is 2. The molecule has 0 unspecified atom stereocenters. The Balaban J connectivity index is 2.24. The van der Waals surface area contributed by atoms with E-state index in [0.717, 1.165) is 0 Å². The van der Waals surface area contributed by atoms with E-state index in [1.807, 2.05) is 0 Å². The van der Waals surface area contributed by atoms with Crippen molar-refractivity contribution >= 4 is 11.9 Å². The minimum atomic E-state index is -1.21. The summed E-state index contributed by atoms with van der Waals surface area (Å²) in [5, 5.41) is 17.8. The van der Waals surface area contributed by atoms with Gasteiger partial charge in [-0.1, -0.05) is 12.1 Å². The number of hydrogen-bond donors (Lipinski definition) is 2. The van der Waals surface area contributed by atoms with E-state index in [1.165, 1.54) is 36.4 Å². The van der Waals surface area contributed by atoms with Crippen molar-refractivity contribution in [1.29, 1.82) is 0 Å². The van der Waals surface area contributed by atoms with Crippen LogP contribution in [0.3, 0.4) is 0 Å². The summed E-state index contributed by atoms with van der Waals surface area (Å²) in [6, 6.07) is 8.11. The maximum atomic E-state index is 11.6. The predicted molar refractivity (Wildman–Crippen MR) is 58.7 cm³/mol. The van der Waals surface area contributed by atoms with Crippen molar-refractivity contribution in [2.45, 2.75) is 0 Å². The van der Waals surface area contributed by atoms with Crippen molar-refractivity contribution in [1.82, 2.24) is 0 Å². The van der Waals surface area contributed by atoms with Gasteiger partial charge in [-0.25, -0.2) is 9.59 Å². The van der Waals surface area contributed by atoms with Gasteiger partial charge < -0.3 is 19.4 Å². The van der Waals surface area contributed by atoms with Gasteiger partial charge in [-0.2, -0.15) is 0 Å². The highest BCUT2D eigenvalue weighted by atomic mass is 16.6. The smallest absolute Gasteiger partial charge is 0.379 e. The topological polar surface area (TPSA) is 97.0 Å². The summed E-state index contributed by atoms with van der Waals surface area (Å²) < 4.78 is 9.53. The Hall–Kier alpha value is -2.76. The SMILES string of the molecule is O=C(Oc1ccccc1C(=O)O)c1ccc(O)o1. The first-order chi connectivity index (χ1) is 8.58. The van der Waals surface area contributed by atoms with Crippen molar-refractivity contribution in [2.75, 3.05) is 0 Å². The molecule has 1 aromatic heterocycles. The van der Waals surface area contributed by atoms with Gasteiger partial charge in [-0.05, 0) is 18.2 Å². The van der Waals surface area contributed by atoms with Crippen molar-refractivity contribution in [3.05, 3.63) is 47.7 Å². The molecule has 0 aliphatic rings. The molecule has 1 heterocycles. The fourth-order valence-corrected chi connectivity index (χ4v) is 1.32. The van der Waals surface area contributed by atoms with Crippen LogP contribution in [-0.4, -0.2) is 22.2 Å². The Labute approximate surface area is 101 Å². The largest absolute Gasteiger partial charge is 0.481 e. The number of carboxylic acids is 1. The summed E-state index contributed by atoms with van der Waals surface area (Å²) in [6.07, 6.45) is 0. The summed E-state index contributed by atoms with van der Waals surface area (Å²) in [4.78, 5) is 22.5. The summed E-state index contributed by atoms with van der Waals surface area (Å²) in [5.74, 6) is -2.82. The zero-order chi connectivity index (χ0) is 13.1. The maximum absolute atomic E-state index is 11.6. The Morgan fingerprint density at radius 2 is 1.83 bits per heavy atom. The third-order valence-electron chi connectivity index (χ3n) is 2.11. The third kappa shape index (κ3) is 2.32. The predicted octanol–water partition coefficient (Wildman–Crippen LogP) is 1.90. The van der Waals surface area contributed by atoms with Crippen LogP contribution in [-0.2, 0) is 0 Å². The number of para-hydroxylation sites is 1. The van der Waals surface area contributed by atoms with E-state index in [0.29, 0.717) is 0 Å². The van der Waals surface area contributed by atoms with Crippen LogP contribution in [0.25, 0.3) is 0 Å². The number of esters is 1. The monoisotopic (exact) mass is 248 g/mol. The number of hydrogen-bond acceptors (Lipinski definition) is 5. The number of carbonyl (C=O) groups excluding carboxylic acids is 1. The second kappa shape index (κ2) is 4.62. The van der Waals surface area contributed by atoms with Gasteiger partial charge in [-0.15, -0.1) is 0 Å². The molecule has 0 amide bonds. The molecular formula is C12H8O6. The molecule has 0 saturated carbocycles. The lowest BCUT2D eigenvalue weighted by molar-refractivity contribution is 0.0666. The molecule has 92 valence electrons. The van der Waals surface area contributed by atoms with Crippen LogP contribution in [0.15, 0.2) is 40.8 Å². The van der Waals surface area contributed by atoms with E-state index in [9.17, 15) is 9.59 Å². The minimum Gasteiger partial charge on any atom is -0.481 e. The molecule has 0 saturated heterocycles. The van der Waals surface area contributed by atoms with E-state index in [2.05, 4.69) is 4.42 Å². The first-order valence-electron chi connectivity index (χ1n) is 4.91. The second-order valence-corrected chi connectivity index (χ2v) is 3.33. The molecule has 0 aliphatic heterocycles. The van der Waals surface area contributed by atoms with Gasteiger partial charge in [0.1, 0.15) is 11.3 Å². The normalized spacial score (nSPS) is 10.0. The van der Waals surface area contributed by atoms with Gasteiger partial charge in [0.25, 0.3) is 5.95 Å². The van der Waals surface area contributed by atoms with E-state index >= 15 is 0 Å². The number of rotatable bonds is 3. The van der Waals surface area contributed by atoms with Crippen LogP contribution in [0.1, 0.15) is 20.9 Å². The lowest BCUT2D eigenvalue weighted by atomic mass is 10.2. The van der Waals surface area contributed by atoms with Crippen LogP contribution in [0, 0.1) is 0 Å². The molecule has 2 N–H and O–H groups in total. The Morgan fingerprint density at radius 3 is 2.44 bits per heavy atom. The first-order valence-corrected chi connectivity index (χ1v) is 4.91. The molecule has 6 heteroatoms. The number of aromatic carboxylic acids is 1. The lowest BCUT2D eigenvalue weighted by Gasteiger charge is -2.05. The Morgan fingerprint density at radius 1 is 1.11 bits per heavy atom. The maximum Gasteiger partial charge on any atom is 0.379 e. The molecule has 0 radical (unpaired) electrons. The van der Waals surface area contributed by atoms with E-state index in [1.54, 1.807) is 0 Å². The van der Waals surface area contributed by atoms with Gasteiger partial charge in [-0.3, -0.25) is 0 Å². The highest BCUT2D eigenvalue weighted by Crippen LogP contribution is 2.21. The molecule has 0 spiro atoms. The van der Waals surface area contributed by atoms with Gasteiger partial charge in [0.05, 0.1) is 0 Å². The lowest BCUT2D eigenvalue weighted by Crippen LogP contribution is -2.10. The number of carboxylic acid groups (broad SMARTS) is 1. The standard InChI is InChI=1S/C12H8O6/c13-10-6-5-9(17-10)12(16)18-8-4-2-1-3-7(8)11(14)15/h1-6,13H,(H,14,15). The molecule has 0 fully saturated rings. The van der Waals surface area contributed by atoms with Gasteiger partial charge >= 0.3 is 11.9 Å². The highest BCUT2D eigenvalue weighted by Gasteiger charge is 2.17. The average molecular weight is 248 g/mol. The summed E-state index contributed by atoms with van der Waals surface area (Å²) in [7, 11) is 0. The molecule has 6 nitrogen and oxygen atoms in total. The average Bonchev–Trinajstić information content (AvgIpc) is 2.76. The van der Waals surface area contributed by atoms with E-state index < -0.39 is 17.9 Å². The fourth-order valence-electron chi connectivity index (χ4n) is 1.32. The molecule has 1 aromatic carbocycles. The first kappa shape index (κ1) is 11.7. The molecule has 2 aromatic rings. The third-order valence-corrected chi connectivity index (χ3v) is 2.11. The molecule has 0 aliphatic carbocycles. The number of benzene rings is 1. The summed E-state index contributed by atoms with van der Waals surface area (Å²) >= 11 is 0. The van der Waals surface area contributed by atoms with Crippen molar-refractivity contribution in [3.8, 4) is 11.7 Å². The number of ether oxygens (including phenoxy) is 1.